The van der Waals surface area contributed by atoms with Crippen molar-refractivity contribution < 1.29 is 4.42 Å². The van der Waals surface area contributed by atoms with E-state index in [1.165, 1.54) is 152 Å². The van der Waals surface area contributed by atoms with Crippen LogP contribution in [0.2, 0.25) is 0 Å². The van der Waals surface area contributed by atoms with Gasteiger partial charge >= 0.3 is 0 Å². The first kappa shape index (κ1) is 45.4. The third-order valence-electron chi connectivity index (χ3n) is 20.0. The van der Waals surface area contributed by atoms with Crippen molar-refractivity contribution in [3.8, 4) is 0 Å². The summed E-state index contributed by atoms with van der Waals surface area (Å²) in [5.41, 5.74) is 26.3. The molecule has 5 aromatic carbocycles. The van der Waals surface area contributed by atoms with Gasteiger partial charge in [0.25, 0.3) is 6.71 Å². The highest BCUT2D eigenvalue weighted by Gasteiger charge is 2.51. The van der Waals surface area contributed by atoms with Crippen LogP contribution in [0.5, 0.6) is 0 Å². The summed E-state index contributed by atoms with van der Waals surface area (Å²) in [4.78, 5) is 5.37. The zero-order chi connectivity index (χ0) is 49.1. The summed E-state index contributed by atoms with van der Waals surface area (Å²) in [6.07, 6.45) is 9.44. The average molecular weight is 915 g/mol. The molecule has 12 rings (SSSR count). The van der Waals surface area contributed by atoms with Crippen LogP contribution < -0.4 is 26.4 Å². The predicted molar refractivity (Wildman–Crippen MR) is 296 cm³/mol. The molecule has 0 fully saturated rings. The normalized spacial score (nSPS) is 22.9. The van der Waals surface area contributed by atoms with Gasteiger partial charge in [0.05, 0.1) is 11.3 Å². The Morgan fingerprint density at radius 2 is 0.826 bits per heavy atom. The molecule has 4 heteroatoms. The van der Waals surface area contributed by atoms with E-state index in [-0.39, 0.29) is 50.0 Å². The molecule has 3 nitrogen and oxygen atoms in total. The van der Waals surface area contributed by atoms with Gasteiger partial charge in [-0.15, -0.1) is 0 Å². The fourth-order valence-electron chi connectivity index (χ4n) is 14.7. The molecular formula is C65H79BN2O. The molecule has 1 aromatic heterocycles. The number of nitrogens with zero attached hydrogens (tertiary/aromatic N) is 2. The van der Waals surface area contributed by atoms with Crippen LogP contribution in [0.25, 0.3) is 11.0 Å². The molecule has 69 heavy (non-hydrogen) atoms. The first-order chi connectivity index (χ1) is 32.0. The average Bonchev–Trinajstić information content (AvgIpc) is 3.65. The van der Waals surface area contributed by atoms with Gasteiger partial charge in [0.1, 0.15) is 5.58 Å². The fourth-order valence-corrected chi connectivity index (χ4v) is 14.7. The van der Waals surface area contributed by atoms with E-state index in [4.69, 9.17) is 4.42 Å². The monoisotopic (exact) mass is 915 g/mol. The lowest BCUT2D eigenvalue weighted by Gasteiger charge is -2.47. The number of benzene rings is 5. The van der Waals surface area contributed by atoms with Gasteiger partial charge in [-0.2, -0.15) is 0 Å². The highest BCUT2D eigenvalue weighted by atomic mass is 16.3. The van der Waals surface area contributed by atoms with Gasteiger partial charge < -0.3 is 14.2 Å². The Hall–Kier alpha value is -4.70. The van der Waals surface area contributed by atoms with Gasteiger partial charge in [-0.25, -0.2) is 0 Å². The second kappa shape index (κ2) is 13.8. The molecule has 3 heterocycles. The molecule has 2 aliphatic heterocycles. The molecule has 0 amide bonds. The van der Waals surface area contributed by atoms with Crippen LogP contribution >= 0.6 is 0 Å². The van der Waals surface area contributed by atoms with Crippen LogP contribution in [0.3, 0.4) is 0 Å². The first-order valence-corrected chi connectivity index (χ1v) is 26.9. The minimum Gasteiger partial charge on any atom is -0.468 e. The Kier molecular flexibility index (Phi) is 9.11. The van der Waals surface area contributed by atoms with E-state index in [0.717, 1.165) is 11.2 Å². The number of hydrogen-bond acceptors (Lipinski definition) is 3. The van der Waals surface area contributed by atoms with Crippen LogP contribution in [0.1, 0.15) is 212 Å². The van der Waals surface area contributed by atoms with E-state index in [9.17, 15) is 0 Å². The molecule has 4 aliphatic carbocycles. The number of hydrogen-bond donors (Lipinski definition) is 0. The molecule has 0 unspecified atom stereocenters. The molecule has 0 bridgehead atoms. The minimum atomic E-state index is -0.0911. The molecule has 0 radical (unpaired) electrons. The summed E-state index contributed by atoms with van der Waals surface area (Å²) < 4.78 is 7.73. The topological polar surface area (TPSA) is 19.6 Å². The summed E-state index contributed by atoms with van der Waals surface area (Å²) in [5.74, 6) is 0. The molecule has 0 saturated carbocycles. The van der Waals surface area contributed by atoms with E-state index in [1.54, 1.807) is 0 Å². The molecule has 358 valence electrons. The summed E-state index contributed by atoms with van der Waals surface area (Å²) in [7, 11) is 0. The highest BCUT2D eigenvalue weighted by Crippen LogP contribution is 2.56. The molecule has 6 aromatic rings. The van der Waals surface area contributed by atoms with Crippen molar-refractivity contribution in [1.29, 1.82) is 0 Å². The van der Waals surface area contributed by atoms with Crippen molar-refractivity contribution in [2.45, 2.75) is 212 Å². The van der Waals surface area contributed by atoms with Crippen LogP contribution in [0.15, 0.2) is 77.2 Å². The lowest BCUT2D eigenvalue weighted by molar-refractivity contribution is 0.331. The first-order valence-electron chi connectivity index (χ1n) is 26.9. The number of furan rings is 1. The van der Waals surface area contributed by atoms with E-state index in [1.807, 2.05) is 0 Å². The zero-order valence-electron chi connectivity index (χ0n) is 45.5. The van der Waals surface area contributed by atoms with Crippen LogP contribution in [0, 0.1) is 6.92 Å². The molecule has 0 N–H and O–H groups in total. The smallest absolute Gasteiger partial charge is 0.297 e. The van der Waals surface area contributed by atoms with Crippen LogP contribution in [0.4, 0.5) is 34.1 Å². The van der Waals surface area contributed by atoms with Crippen molar-refractivity contribution in [1.82, 2.24) is 0 Å². The van der Waals surface area contributed by atoms with Crippen LogP contribution in [-0.2, 0) is 43.3 Å². The quantitative estimate of drug-likeness (QED) is 0.161. The Morgan fingerprint density at radius 1 is 0.406 bits per heavy atom. The third kappa shape index (κ3) is 6.30. The number of aryl methyl sites for hydroxylation is 1. The fraction of sp³-hybridized carbons (Fsp3) is 0.508. The Bertz CT molecular complexity index is 3220. The minimum absolute atomic E-state index is 0.0409. The Labute approximate surface area is 415 Å². The standard InChI is InChI=1S/C65H79BN2O/c1-38-31-42-46(63(12,13)28-25-59(42,4)5)35-52(38)68-51-20-18-19-50-55(51)66(49-34-45-47(36-53(49)68)64(14,15)29-27-62(45,10)11)57-56(40-33-44-48(37-54(40)69-57)65(16,17)30-26-61(44,8)9)67(50)39-21-22-41-43(32-39)60(6,7)24-23-58(41,2)3/h18-22,31-37H,23-30H2,1-17H3. The van der Waals surface area contributed by atoms with Gasteiger partial charge in [-0.1, -0.05) is 135 Å². The number of rotatable bonds is 2. The SMILES string of the molecule is Cc1cc2c(cc1N1c3cc4c(cc3B3c5oc6cc7c(cc6c5N(c5ccc6c(c5)C(C)(C)CCC6(C)C)c5cccc1c53)C(C)(C)CCC7(C)C)C(C)(C)CCC4(C)C)C(C)(C)CCC2(C)C. The third-order valence-corrected chi connectivity index (χ3v) is 20.0. The summed E-state index contributed by atoms with van der Waals surface area (Å²) in [6, 6.07) is 30.3. The van der Waals surface area contributed by atoms with Gasteiger partial charge in [0.2, 0.25) is 0 Å². The van der Waals surface area contributed by atoms with Gasteiger partial charge in [-0.3, -0.25) is 0 Å². The maximum Gasteiger partial charge on any atom is 0.297 e. The van der Waals surface area contributed by atoms with Crippen molar-refractivity contribution in [3.63, 3.8) is 0 Å². The largest absolute Gasteiger partial charge is 0.468 e. The van der Waals surface area contributed by atoms with E-state index in [0.29, 0.717) is 0 Å². The summed E-state index contributed by atoms with van der Waals surface area (Å²) in [6.45, 7) is 41.8. The molecular weight excluding hydrogens is 836 g/mol. The maximum atomic E-state index is 7.73. The molecule has 0 spiro atoms. The number of anilines is 6. The maximum absolute atomic E-state index is 7.73. The Balaban J connectivity index is 1.21. The summed E-state index contributed by atoms with van der Waals surface area (Å²) in [5, 5.41) is 1.24. The van der Waals surface area contributed by atoms with Gasteiger partial charge in [0, 0.05) is 33.8 Å². The van der Waals surface area contributed by atoms with Gasteiger partial charge in [-0.05, 0) is 211 Å². The van der Waals surface area contributed by atoms with E-state index >= 15 is 0 Å². The van der Waals surface area contributed by atoms with Crippen molar-refractivity contribution in [3.05, 3.63) is 123 Å². The molecule has 6 aliphatic rings. The predicted octanol–water partition coefficient (Wildman–Crippen LogP) is 16.2. The number of fused-ring (bicyclic) bond motifs is 10. The van der Waals surface area contributed by atoms with Crippen LogP contribution in [-0.4, -0.2) is 6.71 Å². The highest BCUT2D eigenvalue weighted by molar-refractivity contribution is 7.00. The lowest BCUT2D eigenvalue weighted by Crippen LogP contribution is -2.61. The molecule has 0 atom stereocenters. The summed E-state index contributed by atoms with van der Waals surface area (Å²) >= 11 is 0. The second-order valence-corrected chi connectivity index (χ2v) is 28.5. The second-order valence-electron chi connectivity index (χ2n) is 28.5. The van der Waals surface area contributed by atoms with E-state index in [2.05, 4.69) is 200 Å². The Morgan fingerprint density at radius 3 is 1.36 bits per heavy atom. The lowest BCUT2D eigenvalue weighted by atomic mass is 9.35. The molecule has 0 saturated heterocycles. The van der Waals surface area contributed by atoms with E-state index < -0.39 is 0 Å². The van der Waals surface area contributed by atoms with Crippen molar-refractivity contribution in [2.24, 2.45) is 0 Å². The zero-order valence-corrected chi connectivity index (χ0v) is 45.5. The van der Waals surface area contributed by atoms with Crippen molar-refractivity contribution >= 4 is 68.4 Å². The van der Waals surface area contributed by atoms with Crippen molar-refractivity contribution in [2.75, 3.05) is 9.80 Å². The van der Waals surface area contributed by atoms with Gasteiger partial charge in [0.15, 0.2) is 0 Å².